The van der Waals surface area contributed by atoms with E-state index < -0.39 is 23.9 Å². The van der Waals surface area contributed by atoms with Crippen LogP contribution in [0.5, 0.6) is 11.5 Å². The minimum absolute atomic E-state index is 0.0292. The van der Waals surface area contributed by atoms with Gasteiger partial charge in [-0.3, -0.25) is 14.3 Å². The molecule has 0 aliphatic heterocycles. The van der Waals surface area contributed by atoms with Crippen LogP contribution < -0.4 is 21.7 Å². The van der Waals surface area contributed by atoms with Gasteiger partial charge in [0.25, 0.3) is 0 Å². The summed E-state index contributed by atoms with van der Waals surface area (Å²) in [4.78, 5) is 43.4. The lowest BCUT2D eigenvalue weighted by atomic mass is 10.2. The minimum atomic E-state index is -1.32. The molecule has 4 rings (SSSR count). The molecular weight excluding hydrogens is 464 g/mol. The predicted octanol–water partition coefficient (Wildman–Crippen LogP) is 1.94. The van der Waals surface area contributed by atoms with Crippen LogP contribution in [0.1, 0.15) is 5.56 Å². The Hall–Kier alpha value is -4.51. The van der Waals surface area contributed by atoms with Gasteiger partial charge in [-0.25, -0.2) is 19.1 Å². The van der Waals surface area contributed by atoms with Crippen LogP contribution in [-0.2, 0) is 17.9 Å². The number of aromatic amines is 1. The van der Waals surface area contributed by atoms with Gasteiger partial charge in [0.05, 0.1) is 24.6 Å². The van der Waals surface area contributed by atoms with E-state index in [4.69, 9.17) is 21.4 Å². The number of nitrogens with zero attached hydrogens (tertiary/aromatic N) is 5. The van der Waals surface area contributed by atoms with Crippen molar-refractivity contribution in [3.05, 3.63) is 104 Å². The lowest BCUT2D eigenvalue weighted by molar-refractivity contribution is -0.137. The van der Waals surface area contributed by atoms with Crippen molar-refractivity contribution in [1.29, 1.82) is 0 Å². The fraction of sp³-hybridized carbons (Fsp3) is 0.0909. The summed E-state index contributed by atoms with van der Waals surface area (Å²) in [5, 5.41) is 17.0. The zero-order valence-corrected chi connectivity index (χ0v) is 18.2. The van der Waals surface area contributed by atoms with Gasteiger partial charge >= 0.3 is 17.3 Å². The van der Waals surface area contributed by atoms with Crippen molar-refractivity contribution in [1.82, 2.24) is 24.3 Å². The minimum Gasteiger partial charge on any atom is -0.480 e. The summed E-state index contributed by atoms with van der Waals surface area (Å²) in [7, 11) is 0. The van der Waals surface area contributed by atoms with Crippen molar-refractivity contribution < 1.29 is 14.6 Å². The van der Waals surface area contributed by atoms with E-state index >= 15 is 0 Å². The summed E-state index contributed by atoms with van der Waals surface area (Å²) in [5.74, 6) is -0.298. The molecule has 0 amide bonds. The van der Waals surface area contributed by atoms with Crippen molar-refractivity contribution in [2.75, 3.05) is 0 Å². The van der Waals surface area contributed by atoms with E-state index in [1.54, 1.807) is 54.6 Å². The van der Waals surface area contributed by atoms with E-state index in [9.17, 15) is 14.4 Å². The molecule has 0 unspecified atom stereocenters. The van der Waals surface area contributed by atoms with Gasteiger partial charge in [0.2, 0.25) is 5.62 Å². The first kappa shape index (κ1) is 22.7. The number of aromatic nitrogens is 5. The molecule has 2 N–H and O–H groups in total. The number of hydrogen-bond acceptors (Lipinski definition) is 7. The molecule has 0 aliphatic carbocycles. The highest BCUT2D eigenvalue weighted by molar-refractivity contribution is 6.30. The fourth-order valence-corrected chi connectivity index (χ4v) is 3.14. The van der Waals surface area contributed by atoms with Crippen molar-refractivity contribution in [2.24, 2.45) is 4.99 Å². The van der Waals surface area contributed by atoms with Crippen molar-refractivity contribution in [2.45, 2.75) is 13.1 Å². The summed E-state index contributed by atoms with van der Waals surface area (Å²) in [6, 6.07) is 15.0. The number of nitrogens with one attached hydrogen (secondary N) is 1. The molecule has 0 spiro atoms. The van der Waals surface area contributed by atoms with Gasteiger partial charge in [-0.05, 0) is 42.0 Å². The highest BCUT2D eigenvalue weighted by atomic mass is 35.5. The van der Waals surface area contributed by atoms with Crippen LogP contribution in [0.15, 0.2) is 81.6 Å². The van der Waals surface area contributed by atoms with Crippen molar-refractivity contribution in [3.8, 4) is 11.5 Å². The lowest BCUT2D eigenvalue weighted by Crippen LogP contribution is -2.50. The molecule has 2 aromatic carbocycles. The number of benzene rings is 2. The number of carboxylic acid groups (broad SMARTS) is 1. The van der Waals surface area contributed by atoms with E-state index in [1.807, 2.05) is 0 Å². The molecule has 0 saturated heterocycles. The monoisotopic (exact) mass is 480 g/mol. The van der Waals surface area contributed by atoms with Crippen LogP contribution in [0.25, 0.3) is 0 Å². The number of carbonyl (C=O) groups is 1. The normalized spacial score (nSPS) is 11.4. The summed E-state index contributed by atoms with van der Waals surface area (Å²) < 4.78 is 7.44. The largest absolute Gasteiger partial charge is 0.480 e. The molecule has 12 heteroatoms. The Morgan fingerprint density at radius 3 is 2.38 bits per heavy atom. The molecule has 0 atom stereocenters. The van der Waals surface area contributed by atoms with E-state index in [0.29, 0.717) is 32.3 Å². The lowest BCUT2D eigenvalue weighted by Gasteiger charge is -2.10. The number of aliphatic carboxylic acids is 1. The van der Waals surface area contributed by atoms with E-state index in [1.165, 1.54) is 17.0 Å². The SMILES string of the molecule is O=C(O)Cn1c(=O)[nH]/c(=N\c2ccc(Oc3ccnnc3)cc2)n(Cc2ccc(Cl)cc2)c1=O. The average molecular weight is 481 g/mol. The third-order valence-electron chi connectivity index (χ3n) is 4.59. The molecule has 34 heavy (non-hydrogen) atoms. The van der Waals surface area contributed by atoms with Gasteiger partial charge in [0.1, 0.15) is 18.0 Å². The first-order valence-corrected chi connectivity index (χ1v) is 10.3. The zero-order chi connectivity index (χ0) is 24.1. The summed E-state index contributed by atoms with van der Waals surface area (Å²) in [6.07, 6.45) is 2.97. The standard InChI is InChI=1S/C22H17ClN6O5/c23-15-3-1-14(2-4-15)12-28-20(27-21(32)29(22(28)33)13-19(30)31)26-16-5-7-17(8-6-16)34-18-9-10-24-25-11-18/h1-11H,12-13H2,(H,30,31)(H,26,27,32). The second kappa shape index (κ2) is 9.96. The summed E-state index contributed by atoms with van der Waals surface area (Å²) in [6.45, 7) is -0.758. The Kier molecular flexibility index (Phi) is 6.64. The van der Waals surface area contributed by atoms with Gasteiger partial charge < -0.3 is 9.84 Å². The molecule has 0 saturated carbocycles. The molecule has 2 aromatic heterocycles. The topological polar surface area (TPSA) is 144 Å². The van der Waals surface area contributed by atoms with E-state index in [2.05, 4.69) is 20.2 Å². The Bertz CT molecular complexity index is 1490. The van der Waals surface area contributed by atoms with Crippen molar-refractivity contribution >= 4 is 23.3 Å². The van der Waals surface area contributed by atoms with E-state index in [0.717, 1.165) is 0 Å². The van der Waals surface area contributed by atoms with Gasteiger partial charge in [-0.15, -0.1) is 0 Å². The second-order valence-electron chi connectivity index (χ2n) is 7.01. The highest BCUT2D eigenvalue weighted by Gasteiger charge is 2.12. The maximum atomic E-state index is 13.0. The Morgan fingerprint density at radius 1 is 1.00 bits per heavy atom. The fourth-order valence-electron chi connectivity index (χ4n) is 3.02. The van der Waals surface area contributed by atoms with E-state index in [-0.39, 0.29) is 12.2 Å². The Balaban J connectivity index is 1.74. The number of rotatable bonds is 7. The molecular formula is C22H17ClN6O5. The van der Waals surface area contributed by atoms with Crippen LogP contribution in [0.3, 0.4) is 0 Å². The Labute approximate surface area is 196 Å². The molecule has 0 aliphatic rings. The summed E-state index contributed by atoms with van der Waals surface area (Å²) >= 11 is 5.93. The van der Waals surface area contributed by atoms with Crippen LogP contribution in [0.4, 0.5) is 5.69 Å². The van der Waals surface area contributed by atoms with Gasteiger partial charge in [0.15, 0.2) is 0 Å². The van der Waals surface area contributed by atoms with Crippen LogP contribution in [-0.4, -0.2) is 35.4 Å². The number of halogens is 1. The average Bonchev–Trinajstić information content (AvgIpc) is 2.82. The molecule has 0 radical (unpaired) electrons. The first-order chi connectivity index (χ1) is 16.4. The van der Waals surface area contributed by atoms with Crippen LogP contribution in [0.2, 0.25) is 5.02 Å². The smallest absolute Gasteiger partial charge is 0.335 e. The molecule has 11 nitrogen and oxygen atoms in total. The quantitative estimate of drug-likeness (QED) is 0.411. The number of carboxylic acids is 1. The van der Waals surface area contributed by atoms with Crippen LogP contribution >= 0.6 is 11.6 Å². The van der Waals surface area contributed by atoms with Gasteiger partial charge in [-0.1, -0.05) is 23.7 Å². The van der Waals surface area contributed by atoms with Crippen molar-refractivity contribution in [3.63, 3.8) is 0 Å². The summed E-state index contributed by atoms with van der Waals surface area (Å²) in [5.41, 5.74) is -0.616. The number of ether oxygens (including phenoxy) is 1. The van der Waals surface area contributed by atoms with Gasteiger partial charge in [0, 0.05) is 11.1 Å². The molecule has 4 aromatic rings. The van der Waals surface area contributed by atoms with Crippen LogP contribution in [0, 0.1) is 0 Å². The molecule has 172 valence electrons. The second-order valence-corrected chi connectivity index (χ2v) is 7.45. The van der Waals surface area contributed by atoms with Gasteiger partial charge in [-0.2, -0.15) is 10.2 Å². The number of hydrogen-bond donors (Lipinski definition) is 2. The molecule has 0 fully saturated rings. The maximum absolute atomic E-state index is 13.0. The predicted molar refractivity (Wildman–Crippen MR) is 121 cm³/mol. The molecule has 2 heterocycles. The maximum Gasteiger partial charge on any atom is 0.335 e. The third kappa shape index (κ3) is 5.45. The number of H-pyrrole nitrogens is 1. The Morgan fingerprint density at radius 2 is 1.74 bits per heavy atom. The molecule has 0 bridgehead atoms. The highest BCUT2D eigenvalue weighted by Crippen LogP contribution is 2.22. The first-order valence-electron chi connectivity index (χ1n) is 9.88. The zero-order valence-electron chi connectivity index (χ0n) is 17.5. The third-order valence-corrected chi connectivity index (χ3v) is 4.85.